The van der Waals surface area contributed by atoms with Crippen molar-refractivity contribution in [2.75, 3.05) is 6.54 Å². The quantitative estimate of drug-likeness (QED) is 0.456. The van der Waals surface area contributed by atoms with Crippen LogP contribution >= 0.6 is 0 Å². The Bertz CT molecular complexity index is 279. The first kappa shape index (κ1) is 14.9. The van der Waals surface area contributed by atoms with Crippen LogP contribution in [0.25, 0.3) is 0 Å². The van der Waals surface area contributed by atoms with Gasteiger partial charge in [-0.1, -0.05) is 0 Å². The number of aliphatic carboxylic acids is 1. The second-order valence-corrected chi connectivity index (χ2v) is 4.87. The number of carbonyl (C=O) groups excluding carboxylic acids is 1. The molecule has 0 aliphatic rings. The molecule has 0 radical (unpaired) electrons. The molecule has 0 saturated heterocycles. The third-order valence-electron chi connectivity index (χ3n) is 1.92. The summed E-state index contributed by atoms with van der Waals surface area (Å²) in [7, 11) is 0. The Balaban J connectivity index is 4.96. The third kappa shape index (κ3) is 4.16. The maximum Gasteiger partial charge on any atom is 0.323 e. The van der Waals surface area contributed by atoms with Gasteiger partial charge in [-0.05, 0) is 27.7 Å². The van der Waals surface area contributed by atoms with Crippen molar-refractivity contribution in [2.24, 2.45) is 11.7 Å². The van der Waals surface area contributed by atoms with Crippen LogP contribution in [0.3, 0.4) is 0 Å². The average Bonchev–Trinajstić information content (AvgIpc) is 1.98. The summed E-state index contributed by atoms with van der Waals surface area (Å²) in [6.07, 6.45) is 0. The topological polar surface area (TPSA) is 110 Å². The minimum absolute atomic E-state index is 0.344. The minimum atomic E-state index is -1.83. The Labute approximate surface area is 94.4 Å². The van der Waals surface area contributed by atoms with Crippen LogP contribution in [0, 0.1) is 5.92 Å². The highest BCUT2D eigenvalue weighted by molar-refractivity contribution is 5.95. The summed E-state index contributed by atoms with van der Waals surface area (Å²) in [5, 5.41) is 18.6. The first-order valence-electron chi connectivity index (χ1n) is 4.89. The summed E-state index contributed by atoms with van der Waals surface area (Å²) in [5.74, 6) is -4.13. The molecule has 4 N–H and O–H groups in total. The minimum Gasteiger partial charge on any atom is -0.481 e. The van der Waals surface area contributed by atoms with E-state index in [-0.39, 0.29) is 6.54 Å². The Hall–Kier alpha value is -1.14. The van der Waals surface area contributed by atoms with Crippen molar-refractivity contribution in [1.82, 2.24) is 0 Å². The lowest BCUT2D eigenvalue weighted by Crippen LogP contribution is -2.51. The zero-order chi connectivity index (χ0) is 13.1. The van der Waals surface area contributed by atoms with Crippen LogP contribution in [0.15, 0.2) is 0 Å². The lowest BCUT2D eigenvalue weighted by Gasteiger charge is -2.29. The molecule has 0 spiro atoms. The molecule has 6 heteroatoms. The number of aliphatic hydroxyl groups is 1. The van der Waals surface area contributed by atoms with Gasteiger partial charge in [0.1, 0.15) is 5.60 Å². The summed E-state index contributed by atoms with van der Waals surface area (Å²) in [5.41, 5.74) is 2.59. The van der Waals surface area contributed by atoms with Crippen LogP contribution in [0.2, 0.25) is 0 Å². The van der Waals surface area contributed by atoms with Crippen LogP contribution in [0.1, 0.15) is 27.7 Å². The molecule has 0 aliphatic heterocycles. The van der Waals surface area contributed by atoms with Crippen molar-refractivity contribution < 1.29 is 24.5 Å². The highest BCUT2D eigenvalue weighted by Gasteiger charge is 2.44. The largest absolute Gasteiger partial charge is 0.481 e. The number of carbonyl (C=O) groups is 2. The maximum absolute atomic E-state index is 11.6. The van der Waals surface area contributed by atoms with Crippen molar-refractivity contribution in [3.05, 3.63) is 0 Å². The highest BCUT2D eigenvalue weighted by Crippen LogP contribution is 2.21. The van der Waals surface area contributed by atoms with Crippen LogP contribution in [-0.4, -0.2) is 39.9 Å². The molecule has 0 aromatic heterocycles. The molecule has 6 nitrogen and oxygen atoms in total. The van der Waals surface area contributed by atoms with Crippen LogP contribution < -0.4 is 5.73 Å². The molecule has 0 amide bonds. The normalized spacial score (nSPS) is 17.4. The average molecular weight is 233 g/mol. The number of hydrogen-bond acceptors (Lipinski definition) is 5. The molecule has 0 aromatic rings. The zero-order valence-corrected chi connectivity index (χ0v) is 9.98. The second kappa shape index (κ2) is 4.80. The molecule has 0 heterocycles. The lowest BCUT2D eigenvalue weighted by molar-refractivity contribution is -0.177. The number of rotatable bonds is 4. The number of hydrogen-bond donors (Lipinski definition) is 3. The van der Waals surface area contributed by atoms with E-state index in [1.165, 1.54) is 6.92 Å². The van der Waals surface area contributed by atoms with Gasteiger partial charge in [-0.15, -0.1) is 0 Å². The van der Waals surface area contributed by atoms with Crippen molar-refractivity contribution in [3.63, 3.8) is 0 Å². The van der Waals surface area contributed by atoms with E-state index in [1.54, 1.807) is 20.8 Å². The molecule has 2 unspecified atom stereocenters. The predicted molar refractivity (Wildman–Crippen MR) is 56.6 cm³/mol. The first-order chi connectivity index (χ1) is 7.01. The second-order valence-electron chi connectivity index (χ2n) is 4.87. The third-order valence-corrected chi connectivity index (χ3v) is 1.92. The van der Waals surface area contributed by atoms with Crippen LogP contribution in [0.5, 0.6) is 0 Å². The predicted octanol–water partition coefficient (Wildman–Crippen LogP) is -0.261. The number of nitrogens with two attached hydrogens (primary N) is 1. The van der Waals surface area contributed by atoms with Gasteiger partial charge >= 0.3 is 11.9 Å². The summed E-state index contributed by atoms with van der Waals surface area (Å²) in [6, 6.07) is 0. The number of esters is 1. The van der Waals surface area contributed by atoms with Crippen LogP contribution in [-0.2, 0) is 14.3 Å². The SMILES string of the molecule is CC(C)(C)OC(=O)C(C(=O)O)C(C)(O)CN. The van der Waals surface area contributed by atoms with Crippen molar-refractivity contribution in [2.45, 2.75) is 38.9 Å². The number of carboxylic acid groups (broad SMARTS) is 1. The standard InChI is InChI=1S/C10H19NO5/c1-9(2,3)16-8(14)6(7(12)13)10(4,15)5-11/h6,15H,5,11H2,1-4H3,(H,12,13). The van der Waals surface area contributed by atoms with Crippen LogP contribution in [0.4, 0.5) is 0 Å². The van der Waals surface area contributed by atoms with Gasteiger partial charge in [0.05, 0.1) is 5.60 Å². The Morgan fingerprint density at radius 1 is 1.31 bits per heavy atom. The number of carboxylic acids is 1. The Kier molecular flexibility index (Phi) is 4.45. The van der Waals surface area contributed by atoms with Crippen molar-refractivity contribution in [3.8, 4) is 0 Å². The molecular formula is C10H19NO5. The van der Waals surface area contributed by atoms with E-state index >= 15 is 0 Å². The molecule has 0 saturated carbocycles. The molecule has 16 heavy (non-hydrogen) atoms. The number of ether oxygens (including phenoxy) is 1. The van der Waals surface area contributed by atoms with Gasteiger partial charge in [0.15, 0.2) is 5.92 Å². The lowest BCUT2D eigenvalue weighted by atomic mass is 9.89. The summed E-state index contributed by atoms with van der Waals surface area (Å²) in [6.45, 7) is 5.68. The van der Waals surface area contributed by atoms with Gasteiger partial charge in [0, 0.05) is 6.54 Å². The fourth-order valence-electron chi connectivity index (χ4n) is 1.10. The monoisotopic (exact) mass is 233 g/mol. The molecule has 94 valence electrons. The fraction of sp³-hybridized carbons (Fsp3) is 0.800. The van der Waals surface area contributed by atoms with E-state index < -0.39 is 29.1 Å². The van der Waals surface area contributed by atoms with Crippen molar-refractivity contribution >= 4 is 11.9 Å². The molecule has 0 fully saturated rings. The van der Waals surface area contributed by atoms with Crippen molar-refractivity contribution in [1.29, 1.82) is 0 Å². The van der Waals surface area contributed by atoms with Gasteiger partial charge in [0.25, 0.3) is 0 Å². The van der Waals surface area contributed by atoms with E-state index in [1.807, 2.05) is 0 Å². The molecular weight excluding hydrogens is 214 g/mol. The molecule has 0 aromatic carbocycles. The van der Waals surface area contributed by atoms with E-state index in [0.29, 0.717) is 0 Å². The molecule has 0 bridgehead atoms. The summed E-state index contributed by atoms with van der Waals surface area (Å²) < 4.78 is 4.91. The summed E-state index contributed by atoms with van der Waals surface area (Å²) >= 11 is 0. The first-order valence-corrected chi connectivity index (χ1v) is 4.89. The molecule has 0 aliphatic carbocycles. The summed E-state index contributed by atoms with van der Waals surface area (Å²) in [4.78, 5) is 22.5. The fourth-order valence-corrected chi connectivity index (χ4v) is 1.10. The molecule has 0 rings (SSSR count). The van der Waals surface area contributed by atoms with Gasteiger partial charge in [-0.3, -0.25) is 9.59 Å². The Morgan fingerprint density at radius 3 is 2.00 bits per heavy atom. The highest BCUT2D eigenvalue weighted by atomic mass is 16.6. The Morgan fingerprint density at radius 2 is 1.75 bits per heavy atom. The maximum atomic E-state index is 11.6. The van der Waals surface area contributed by atoms with Gasteiger partial charge in [-0.2, -0.15) is 0 Å². The van der Waals surface area contributed by atoms with E-state index in [0.717, 1.165) is 0 Å². The zero-order valence-electron chi connectivity index (χ0n) is 9.98. The van der Waals surface area contributed by atoms with Gasteiger partial charge in [0.2, 0.25) is 0 Å². The van der Waals surface area contributed by atoms with E-state index in [4.69, 9.17) is 15.6 Å². The smallest absolute Gasteiger partial charge is 0.323 e. The molecule has 2 atom stereocenters. The van der Waals surface area contributed by atoms with E-state index in [9.17, 15) is 14.7 Å². The van der Waals surface area contributed by atoms with Gasteiger partial charge in [-0.25, -0.2) is 0 Å². The van der Waals surface area contributed by atoms with E-state index in [2.05, 4.69) is 0 Å². The van der Waals surface area contributed by atoms with Gasteiger partial charge < -0.3 is 20.7 Å².